The Balaban J connectivity index is 3.39. The Morgan fingerprint density at radius 3 is 2.48 bits per heavy atom. The molecule has 0 aliphatic heterocycles. The monoisotopic (exact) mass is 292 g/mol. The van der Waals surface area contributed by atoms with Gasteiger partial charge in [0.25, 0.3) is 5.56 Å². The second-order valence-electron chi connectivity index (χ2n) is 5.56. The molecule has 1 aromatic rings. The van der Waals surface area contributed by atoms with E-state index in [0.29, 0.717) is 6.54 Å². The van der Waals surface area contributed by atoms with E-state index in [2.05, 4.69) is 11.2 Å². The number of aromatic nitrogens is 2. The lowest BCUT2D eigenvalue weighted by Gasteiger charge is -2.19. The van der Waals surface area contributed by atoms with Crippen molar-refractivity contribution in [3.8, 4) is 12.3 Å². The number of terminal acetylenes is 1. The molecule has 1 atom stereocenters. The normalized spacial score (nSPS) is 12.2. The van der Waals surface area contributed by atoms with Crippen LogP contribution < -0.4 is 22.3 Å². The molecule has 1 aromatic heterocycles. The zero-order chi connectivity index (χ0) is 16.2. The van der Waals surface area contributed by atoms with E-state index >= 15 is 0 Å². The molecule has 0 bridgehead atoms. The van der Waals surface area contributed by atoms with Crippen LogP contribution in [0.25, 0.3) is 0 Å². The Bertz CT molecular complexity index is 649. The molecule has 21 heavy (non-hydrogen) atoms. The number of nitrogens with two attached hydrogens (primary N) is 1. The van der Waals surface area contributed by atoms with E-state index in [1.165, 1.54) is 11.6 Å². The van der Waals surface area contributed by atoms with Crippen LogP contribution in [0.4, 0.5) is 11.5 Å². The molecule has 6 nitrogen and oxygen atoms in total. The number of hydrogen-bond acceptors (Lipinski definition) is 4. The highest BCUT2D eigenvalue weighted by Crippen LogP contribution is 2.14. The van der Waals surface area contributed by atoms with Gasteiger partial charge in [0.2, 0.25) is 0 Å². The van der Waals surface area contributed by atoms with Gasteiger partial charge in [-0.05, 0) is 12.3 Å². The van der Waals surface area contributed by atoms with Gasteiger partial charge in [-0.2, -0.15) is 0 Å². The molecule has 0 aliphatic rings. The van der Waals surface area contributed by atoms with Gasteiger partial charge in [0.15, 0.2) is 0 Å². The van der Waals surface area contributed by atoms with Gasteiger partial charge in [0.05, 0.1) is 6.04 Å². The predicted octanol–water partition coefficient (Wildman–Crippen LogP) is 0.999. The van der Waals surface area contributed by atoms with Crippen molar-refractivity contribution in [2.24, 2.45) is 13.0 Å². The van der Waals surface area contributed by atoms with Crippen LogP contribution in [0.5, 0.6) is 0 Å². The van der Waals surface area contributed by atoms with Crippen molar-refractivity contribution in [3.05, 3.63) is 20.8 Å². The summed E-state index contributed by atoms with van der Waals surface area (Å²) >= 11 is 0. The maximum Gasteiger partial charge on any atom is 0.332 e. The third-order valence-corrected chi connectivity index (χ3v) is 3.23. The van der Waals surface area contributed by atoms with E-state index in [9.17, 15) is 9.59 Å². The summed E-state index contributed by atoms with van der Waals surface area (Å²) in [4.78, 5) is 24.4. The molecular formula is C15H24N4O2. The molecule has 0 saturated heterocycles. The van der Waals surface area contributed by atoms with Crippen LogP contribution in [0.15, 0.2) is 9.59 Å². The van der Waals surface area contributed by atoms with Crippen molar-refractivity contribution in [3.63, 3.8) is 0 Å². The molecular weight excluding hydrogens is 268 g/mol. The molecule has 1 heterocycles. The maximum atomic E-state index is 12.2. The van der Waals surface area contributed by atoms with Crippen molar-refractivity contribution in [1.82, 2.24) is 9.13 Å². The van der Waals surface area contributed by atoms with Crippen LogP contribution in [0, 0.1) is 18.3 Å². The van der Waals surface area contributed by atoms with Gasteiger partial charge in [0, 0.05) is 13.6 Å². The quantitative estimate of drug-likeness (QED) is 0.766. The summed E-state index contributed by atoms with van der Waals surface area (Å²) in [5, 5.41) is 2.99. The van der Waals surface area contributed by atoms with Gasteiger partial charge in [-0.25, -0.2) is 4.79 Å². The average molecular weight is 292 g/mol. The van der Waals surface area contributed by atoms with E-state index < -0.39 is 11.2 Å². The van der Waals surface area contributed by atoms with Crippen LogP contribution in [-0.4, -0.2) is 15.2 Å². The minimum Gasteiger partial charge on any atom is -0.383 e. The molecule has 0 aromatic carbocycles. The molecule has 0 saturated carbocycles. The first-order chi connectivity index (χ1) is 9.83. The minimum atomic E-state index is -0.450. The fraction of sp³-hybridized carbons (Fsp3) is 0.600. The molecule has 6 heteroatoms. The lowest BCUT2D eigenvalue weighted by Crippen LogP contribution is -2.42. The van der Waals surface area contributed by atoms with Gasteiger partial charge in [-0.3, -0.25) is 13.9 Å². The SMILES string of the molecule is C#CC(CCC)Nc1c(N)n(CC(C)C)c(=O)n(C)c1=O. The van der Waals surface area contributed by atoms with E-state index in [4.69, 9.17) is 12.2 Å². The predicted molar refractivity (Wildman–Crippen MR) is 86.3 cm³/mol. The summed E-state index contributed by atoms with van der Waals surface area (Å²) in [7, 11) is 1.44. The Morgan fingerprint density at radius 1 is 1.38 bits per heavy atom. The maximum absolute atomic E-state index is 12.2. The second kappa shape index (κ2) is 7.02. The first-order valence-electron chi connectivity index (χ1n) is 7.15. The lowest BCUT2D eigenvalue weighted by atomic mass is 10.1. The van der Waals surface area contributed by atoms with Crippen molar-refractivity contribution in [2.75, 3.05) is 11.1 Å². The van der Waals surface area contributed by atoms with Gasteiger partial charge in [0.1, 0.15) is 11.5 Å². The number of nitrogens with one attached hydrogen (secondary N) is 1. The third-order valence-electron chi connectivity index (χ3n) is 3.23. The topological polar surface area (TPSA) is 82.0 Å². The van der Waals surface area contributed by atoms with E-state index in [1.807, 2.05) is 20.8 Å². The molecule has 0 amide bonds. The highest BCUT2D eigenvalue weighted by atomic mass is 16.2. The fourth-order valence-electron chi connectivity index (χ4n) is 2.12. The zero-order valence-corrected chi connectivity index (χ0v) is 13.1. The number of nitrogen functional groups attached to an aromatic ring is 1. The minimum absolute atomic E-state index is 0.146. The summed E-state index contributed by atoms with van der Waals surface area (Å²) < 4.78 is 2.47. The molecule has 0 aliphatic carbocycles. The van der Waals surface area contributed by atoms with E-state index in [-0.39, 0.29) is 23.5 Å². The Labute approximate surface area is 125 Å². The van der Waals surface area contributed by atoms with Crippen LogP contribution in [0.2, 0.25) is 0 Å². The van der Waals surface area contributed by atoms with Gasteiger partial charge in [-0.15, -0.1) is 6.42 Å². The van der Waals surface area contributed by atoms with Crippen molar-refractivity contribution in [2.45, 2.75) is 46.2 Å². The lowest BCUT2D eigenvalue weighted by molar-refractivity contribution is 0.494. The van der Waals surface area contributed by atoms with Gasteiger partial charge in [-0.1, -0.05) is 33.1 Å². The Kier molecular flexibility index (Phi) is 5.65. The fourth-order valence-corrected chi connectivity index (χ4v) is 2.12. The van der Waals surface area contributed by atoms with Crippen LogP contribution >= 0.6 is 0 Å². The molecule has 1 unspecified atom stereocenters. The Morgan fingerprint density at radius 2 is 2.00 bits per heavy atom. The first kappa shape index (κ1) is 16.9. The molecule has 3 N–H and O–H groups in total. The summed E-state index contributed by atoms with van der Waals surface area (Å²) in [6.07, 6.45) is 7.07. The highest BCUT2D eigenvalue weighted by molar-refractivity contribution is 5.61. The largest absolute Gasteiger partial charge is 0.383 e. The Hall–Kier alpha value is -2.16. The van der Waals surface area contributed by atoms with Gasteiger partial charge >= 0.3 is 5.69 Å². The molecule has 116 valence electrons. The van der Waals surface area contributed by atoms with E-state index in [1.54, 1.807) is 0 Å². The van der Waals surface area contributed by atoms with Crippen molar-refractivity contribution < 1.29 is 0 Å². The van der Waals surface area contributed by atoms with Crippen LogP contribution in [0.3, 0.4) is 0 Å². The van der Waals surface area contributed by atoms with Crippen LogP contribution in [0.1, 0.15) is 33.6 Å². The van der Waals surface area contributed by atoms with Gasteiger partial charge < -0.3 is 11.1 Å². The molecule has 0 radical (unpaired) electrons. The zero-order valence-electron chi connectivity index (χ0n) is 13.1. The average Bonchev–Trinajstić information content (AvgIpc) is 2.44. The molecule has 1 rings (SSSR count). The second-order valence-corrected chi connectivity index (χ2v) is 5.56. The van der Waals surface area contributed by atoms with Crippen molar-refractivity contribution in [1.29, 1.82) is 0 Å². The summed E-state index contributed by atoms with van der Waals surface area (Å²) in [5.74, 6) is 2.98. The standard InChI is InChI=1S/C15H24N4O2/c1-6-8-11(7-2)17-12-13(16)19(9-10(3)4)15(21)18(5)14(12)20/h2,10-11,17H,6,8-9,16H2,1,3-5H3. The van der Waals surface area contributed by atoms with Crippen LogP contribution in [-0.2, 0) is 13.6 Å². The first-order valence-corrected chi connectivity index (χ1v) is 7.15. The number of rotatable bonds is 6. The summed E-state index contributed by atoms with van der Waals surface area (Å²) in [5.41, 5.74) is 5.36. The highest BCUT2D eigenvalue weighted by Gasteiger charge is 2.17. The number of nitrogens with zero attached hydrogens (tertiary/aromatic N) is 2. The summed E-state index contributed by atoms with van der Waals surface area (Å²) in [6.45, 7) is 6.41. The molecule has 0 fully saturated rings. The number of hydrogen-bond donors (Lipinski definition) is 2. The van der Waals surface area contributed by atoms with Crippen molar-refractivity contribution >= 4 is 11.5 Å². The summed E-state index contributed by atoms with van der Waals surface area (Å²) in [6, 6.07) is -0.282. The third kappa shape index (κ3) is 3.69. The smallest absolute Gasteiger partial charge is 0.332 e. The number of anilines is 2. The molecule has 0 spiro atoms. The van der Waals surface area contributed by atoms with E-state index in [0.717, 1.165) is 17.4 Å².